The standard InChI is InChI=1S/C18H21N3O4S/c1-24-15-8-12(4-5-16(15)26-3)10-21-17(22)9-13-11-20(18(23)25-2)7-6-14(13)19-21/h4-5,8-9H,6-7,10-11H2,1-3H3. The normalized spacial score (nSPS) is 13.3. The second-order valence-corrected chi connectivity index (χ2v) is 6.79. The molecule has 0 N–H and O–H groups in total. The summed E-state index contributed by atoms with van der Waals surface area (Å²) in [5.41, 5.74) is 2.38. The molecule has 1 aliphatic rings. The first kappa shape index (κ1) is 18.3. The number of hydrogen-bond donors (Lipinski definition) is 0. The van der Waals surface area contributed by atoms with Crippen molar-refractivity contribution in [2.24, 2.45) is 0 Å². The topological polar surface area (TPSA) is 73.7 Å². The van der Waals surface area contributed by atoms with Crippen molar-refractivity contribution < 1.29 is 14.3 Å². The zero-order valence-electron chi connectivity index (χ0n) is 15.0. The second kappa shape index (κ2) is 7.82. The van der Waals surface area contributed by atoms with E-state index in [0.717, 1.165) is 27.5 Å². The van der Waals surface area contributed by atoms with E-state index in [1.54, 1.807) is 29.8 Å². The van der Waals surface area contributed by atoms with Gasteiger partial charge in [0.15, 0.2) is 0 Å². The van der Waals surface area contributed by atoms with Crippen LogP contribution in [0.3, 0.4) is 0 Å². The molecule has 7 nitrogen and oxygen atoms in total. The fraction of sp³-hybridized carbons (Fsp3) is 0.389. The third kappa shape index (κ3) is 3.70. The molecule has 2 aromatic rings. The van der Waals surface area contributed by atoms with Crippen molar-refractivity contribution in [3.63, 3.8) is 0 Å². The maximum atomic E-state index is 12.4. The van der Waals surface area contributed by atoms with Crippen LogP contribution >= 0.6 is 11.8 Å². The van der Waals surface area contributed by atoms with Gasteiger partial charge in [-0.1, -0.05) is 6.07 Å². The minimum absolute atomic E-state index is 0.191. The molecule has 1 aromatic heterocycles. The van der Waals surface area contributed by atoms with Crippen LogP contribution in [0.5, 0.6) is 5.75 Å². The van der Waals surface area contributed by atoms with Gasteiger partial charge in [-0.15, -0.1) is 11.8 Å². The number of ether oxygens (including phenoxy) is 2. The molecular formula is C18H21N3O4S. The van der Waals surface area contributed by atoms with E-state index >= 15 is 0 Å². The Morgan fingerprint density at radius 3 is 2.81 bits per heavy atom. The van der Waals surface area contributed by atoms with Gasteiger partial charge < -0.3 is 14.4 Å². The van der Waals surface area contributed by atoms with Crippen molar-refractivity contribution in [3.05, 3.63) is 51.4 Å². The lowest BCUT2D eigenvalue weighted by molar-refractivity contribution is 0.118. The molecule has 0 fully saturated rings. The van der Waals surface area contributed by atoms with Gasteiger partial charge in [-0.2, -0.15) is 5.10 Å². The molecule has 0 bridgehead atoms. The molecule has 1 aliphatic heterocycles. The minimum atomic E-state index is -0.388. The van der Waals surface area contributed by atoms with Gasteiger partial charge in [-0.05, 0) is 24.0 Å². The lowest BCUT2D eigenvalue weighted by Gasteiger charge is -2.27. The van der Waals surface area contributed by atoms with Gasteiger partial charge in [0, 0.05) is 29.5 Å². The summed E-state index contributed by atoms with van der Waals surface area (Å²) in [5.74, 6) is 0.787. The number of aromatic nitrogens is 2. The van der Waals surface area contributed by atoms with Gasteiger partial charge in [0.2, 0.25) is 0 Å². The van der Waals surface area contributed by atoms with Crippen LogP contribution in [0.2, 0.25) is 0 Å². The molecule has 3 rings (SSSR count). The van der Waals surface area contributed by atoms with Gasteiger partial charge in [0.25, 0.3) is 5.56 Å². The van der Waals surface area contributed by atoms with Crippen molar-refractivity contribution in [3.8, 4) is 5.75 Å². The maximum absolute atomic E-state index is 12.4. The molecule has 2 heterocycles. The Kier molecular flexibility index (Phi) is 5.51. The van der Waals surface area contributed by atoms with E-state index in [4.69, 9.17) is 9.47 Å². The van der Waals surface area contributed by atoms with Crippen LogP contribution in [0.4, 0.5) is 4.79 Å². The van der Waals surface area contributed by atoms with Gasteiger partial charge in [-0.3, -0.25) is 4.79 Å². The molecule has 26 heavy (non-hydrogen) atoms. The summed E-state index contributed by atoms with van der Waals surface area (Å²) in [4.78, 5) is 26.7. The number of benzene rings is 1. The van der Waals surface area contributed by atoms with Crippen molar-refractivity contribution in [2.45, 2.75) is 24.4 Å². The quantitative estimate of drug-likeness (QED) is 0.763. The van der Waals surface area contributed by atoms with E-state index in [1.165, 1.54) is 11.8 Å². The number of fused-ring (bicyclic) bond motifs is 1. The van der Waals surface area contributed by atoms with E-state index in [2.05, 4.69) is 5.10 Å². The Labute approximate surface area is 155 Å². The minimum Gasteiger partial charge on any atom is -0.496 e. The van der Waals surface area contributed by atoms with Crippen LogP contribution in [0.1, 0.15) is 16.8 Å². The highest BCUT2D eigenvalue weighted by atomic mass is 32.2. The van der Waals surface area contributed by atoms with Crippen molar-refractivity contribution >= 4 is 17.9 Å². The van der Waals surface area contributed by atoms with Crippen LogP contribution in [0.15, 0.2) is 34.0 Å². The highest BCUT2D eigenvalue weighted by Crippen LogP contribution is 2.28. The average Bonchev–Trinajstić information content (AvgIpc) is 2.67. The number of nitrogens with zero attached hydrogens (tertiary/aromatic N) is 3. The van der Waals surface area contributed by atoms with Crippen LogP contribution < -0.4 is 10.3 Å². The Morgan fingerprint density at radius 1 is 1.31 bits per heavy atom. The Balaban J connectivity index is 1.85. The molecule has 0 saturated heterocycles. The highest BCUT2D eigenvalue weighted by Gasteiger charge is 2.23. The lowest BCUT2D eigenvalue weighted by Crippen LogP contribution is -2.38. The summed E-state index contributed by atoms with van der Waals surface area (Å²) in [5, 5.41) is 4.51. The molecule has 1 aromatic carbocycles. The third-order valence-corrected chi connectivity index (χ3v) is 5.13. The van der Waals surface area contributed by atoms with E-state index in [-0.39, 0.29) is 11.7 Å². The van der Waals surface area contributed by atoms with Gasteiger partial charge in [0.1, 0.15) is 5.75 Å². The number of carbonyl (C=O) groups is 1. The maximum Gasteiger partial charge on any atom is 0.409 e. The van der Waals surface area contributed by atoms with Crippen LogP contribution in [-0.4, -0.2) is 47.8 Å². The fourth-order valence-electron chi connectivity index (χ4n) is 2.99. The van der Waals surface area contributed by atoms with Gasteiger partial charge >= 0.3 is 6.09 Å². The first-order chi connectivity index (χ1) is 12.5. The van der Waals surface area contributed by atoms with Crippen molar-refractivity contribution in [1.82, 2.24) is 14.7 Å². The fourth-order valence-corrected chi connectivity index (χ4v) is 3.54. The van der Waals surface area contributed by atoms with E-state index in [9.17, 15) is 9.59 Å². The number of carbonyl (C=O) groups excluding carboxylic acids is 1. The number of hydrogen-bond acceptors (Lipinski definition) is 6. The smallest absolute Gasteiger partial charge is 0.409 e. The predicted octanol–water partition coefficient (Wildman–Crippen LogP) is 2.15. The van der Waals surface area contributed by atoms with E-state index in [1.807, 2.05) is 24.5 Å². The first-order valence-electron chi connectivity index (χ1n) is 8.19. The monoisotopic (exact) mass is 375 g/mol. The number of thioether (sulfide) groups is 1. The Hall–Kier alpha value is -2.48. The van der Waals surface area contributed by atoms with E-state index < -0.39 is 0 Å². The first-order valence-corrected chi connectivity index (χ1v) is 9.42. The molecule has 0 spiro atoms. The van der Waals surface area contributed by atoms with Crippen molar-refractivity contribution in [2.75, 3.05) is 27.0 Å². The Bertz CT molecular complexity index is 881. The zero-order valence-corrected chi connectivity index (χ0v) is 15.8. The molecule has 1 amide bonds. The summed E-state index contributed by atoms with van der Waals surface area (Å²) in [6.07, 6.45) is 2.20. The number of amides is 1. The highest BCUT2D eigenvalue weighted by molar-refractivity contribution is 7.98. The molecule has 0 unspecified atom stereocenters. The predicted molar refractivity (Wildman–Crippen MR) is 98.9 cm³/mol. The number of rotatable bonds is 4. The van der Waals surface area contributed by atoms with Crippen molar-refractivity contribution in [1.29, 1.82) is 0 Å². The summed E-state index contributed by atoms with van der Waals surface area (Å²) in [6, 6.07) is 7.45. The van der Waals surface area contributed by atoms with Crippen LogP contribution in [-0.2, 0) is 24.2 Å². The molecule has 0 saturated carbocycles. The average molecular weight is 375 g/mol. The number of methoxy groups -OCH3 is 2. The van der Waals surface area contributed by atoms with E-state index in [0.29, 0.717) is 26.1 Å². The molecule has 0 radical (unpaired) electrons. The Morgan fingerprint density at radius 2 is 2.12 bits per heavy atom. The third-order valence-electron chi connectivity index (χ3n) is 4.36. The summed E-state index contributed by atoms with van der Waals surface area (Å²) in [7, 11) is 2.99. The van der Waals surface area contributed by atoms with Crippen LogP contribution in [0.25, 0.3) is 0 Å². The SMILES string of the molecule is COC(=O)N1CCc2nn(Cc3ccc(SC)c(OC)c3)c(=O)cc2C1. The van der Waals surface area contributed by atoms with Gasteiger partial charge in [0.05, 0.1) is 33.0 Å². The second-order valence-electron chi connectivity index (χ2n) is 5.94. The summed E-state index contributed by atoms with van der Waals surface area (Å²) in [6.45, 7) is 1.25. The van der Waals surface area contributed by atoms with Crippen LogP contribution in [0, 0.1) is 0 Å². The van der Waals surface area contributed by atoms with Gasteiger partial charge in [-0.25, -0.2) is 9.48 Å². The molecular weight excluding hydrogens is 354 g/mol. The molecule has 0 atom stereocenters. The largest absolute Gasteiger partial charge is 0.496 e. The zero-order chi connectivity index (χ0) is 18.7. The molecule has 138 valence electrons. The summed E-state index contributed by atoms with van der Waals surface area (Å²) >= 11 is 1.61. The lowest BCUT2D eigenvalue weighted by atomic mass is 10.1. The molecule has 0 aliphatic carbocycles. The molecule has 8 heteroatoms. The summed E-state index contributed by atoms with van der Waals surface area (Å²) < 4.78 is 11.6.